The van der Waals surface area contributed by atoms with Crippen molar-refractivity contribution in [1.29, 1.82) is 0 Å². The van der Waals surface area contributed by atoms with Crippen LogP contribution >= 0.6 is 0 Å². The topological polar surface area (TPSA) is 40.1 Å². The van der Waals surface area contributed by atoms with E-state index in [1.165, 1.54) is 0 Å². The van der Waals surface area contributed by atoms with E-state index in [0.29, 0.717) is 0 Å². The summed E-state index contributed by atoms with van der Waals surface area (Å²) in [6.07, 6.45) is 0. The van der Waals surface area contributed by atoms with Gasteiger partial charge in [0, 0.05) is 6.47 Å². The number of rotatable bonds is 0. The van der Waals surface area contributed by atoms with Gasteiger partial charge in [-0.3, -0.25) is 0 Å². The molecule has 4 heteroatoms. The Hall–Kier alpha value is 3.16. The Morgan fingerprint density at radius 2 is 1.60 bits per heavy atom. The van der Waals surface area contributed by atoms with Gasteiger partial charge in [0.25, 0.3) is 0 Å². The number of hydrogen-bond acceptors (Lipinski definition) is 2. The fourth-order valence-electron chi connectivity index (χ4n) is 0. The molecule has 0 aliphatic carbocycles. The molecule has 0 aromatic heterocycles. The second-order valence-electron chi connectivity index (χ2n) is 0.0962. The van der Waals surface area contributed by atoms with Gasteiger partial charge in [0.2, 0.25) is 0 Å². The monoisotopic (exact) mass is 218 g/mol. The maximum atomic E-state index is 8.25. The van der Waals surface area contributed by atoms with Crippen LogP contribution in [0.15, 0.2) is 0 Å². The molecule has 5 heavy (non-hydrogen) atoms. The zero-order chi connectivity index (χ0) is 2.71. The molecule has 0 aromatic rings. The molecule has 0 amide bonds. The zero-order valence-electron chi connectivity index (χ0n) is 2.39. The molecule has 0 fully saturated rings. The third-order valence-electron chi connectivity index (χ3n) is 0. The maximum absolute atomic E-state index is 8.25. The Kier molecular flexibility index (Phi) is 49.3. The van der Waals surface area contributed by atoms with Crippen LogP contribution in [0.25, 0.3) is 0 Å². The van der Waals surface area contributed by atoms with Crippen LogP contribution in [-0.2, 0) is 4.79 Å². The molecule has 0 saturated carbocycles. The first kappa shape index (κ1) is 15.7. The van der Waals surface area contributed by atoms with Crippen LogP contribution in [0.2, 0.25) is 0 Å². The van der Waals surface area contributed by atoms with Gasteiger partial charge in [-0.1, -0.05) is 0 Å². The molecule has 0 heterocycles. The van der Waals surface area contributed by atoms with Crippen LogP contribution in [0.5, 0.6) is 0 Å². The predicted octanol–water partition coefficient (Wildman–Crippen LogP) is -5.28. The van der Waals surface area contributed by atoms with Crippen LogP contribution in [0.3, 0.4) is 0 Å². The van der Waals surface area contributed by atoms with Crippen molar-refractivity contribution < 1.29 is 78.8 Å². The van der Waals surface area contributed by atoms with Crippen molar-refractivity contribution in [3.8, 4) is 0 Å². The minimum atomic E-state index is -0.500. The van der Waals surface area contributed by atoms with Crippen molar-refractivity contribution in [2.24, 2.45) is 0 Å². The first-order valence-corrected chi connectivity index (χ1v) is 0.471. The molecule has 0 aliphatic heterocycles. The summed E-state index contributed by atoms with van der Waals surface area (Å²) in [6, 6.07) is 0. The summed E-state index contributed by atoms with van der Waals surface area (Å²) in [4.78, 5) is 8.25. The van der Waals surface area contributed by atoms with E-state index in [2.05, 4.69) is 0 Å². The van der Waals surface area contributed by atoms with E-state index in [4.69, 9.17) is 9.90 Å². The van der Waals surface area contributed by atoms with Crippen molar-refractivity contribution >= 4 is 57.9 Å². The summed E-state index contributed by atoms with van der Waals surface area (Å²) in [5.41, 5.74) is 0. The summed E-state index contributed by atoms with van der Waals surface area (Å²) < 4.78 is 0. The zero-order valence-corrected chi connectivity index (χ0v) is 8.67. The minimum absolute atomic E-state index is 0. The average Bonchev–Trinajstić information content (AvgIpc) is 0.918. The number of carbonyl (C=O) groups is 1. The van der Waals surface area contributed by atoms with Crippen molar-refractivity contribution in [1.82, 2.24) is 0 Å². The van der Waals surface area contributed by atoms with Gasteiger partial charge in [-0.25, -0.2) is 0 Å². The van der Waals surface area contributed by atoms with Gasteiger partial charge in [0.1, 0.15) is 0 Å². The van der Waals surface area contributed by atoms with Crippen molar-refractivity contribution in [2.75, 3.05) is 0 Å². The molecule has 0 rings (SSSR count). The summed E-state index contributed by atoms with van der Waals surface area (Å²) >= 11 is 0. The Morgan fingerprint density at radius 1 is 1.60 bits per heavy atom. The molecule has 0 aromatic carbocycles. The second-order valence-corrected chi connectivity index (χ2v) is 0.0962. The molecule has 0 spiro atoms. The molecule has 0 radical (unpaired) electrons. The number of carbonyl (C=O) groups excluding carboxylic acids is 1. The van der Waals surface area contributed by atoms with Crippen molar-refractivity contribution in [2.45, 2.75) is 0 Å². The molecule has 0 aliphatic rings. The van der Waals surface area contributed by atoms with E-state index in [9.17, 15) is 0 Å². The van der Waals surface area contributed by atoms with Gasteiger partial charge in [-0.2, -0.15) is 0 Å². The van der Waals surface area contributed by atoms with Crippen LogP contribution < -0.4 is 74.0 Å². The van der Waals surface area contributed by atoms with Crippen LogP contribution in [0.4, 0.5) is 0 Å². The molecular formula is CH2CsKO2. The van der Waals surface area contributed by atoms with E-state index >= 15 is 0 Å². The molecule has 20 valence electrons. The van der Waals surface area contributed by atoms with E-state index in [-0.39, 0.29) is 120 Å². The fourth-order valence-corrected chi connectivity index (χ4v) is 0. The summed E-state index contributed by atoms with van der Waals surface area (Å²) in [5, 5.41) is 8.25. The Morgan fingerprint density at radius 3 is 1.60 bits per heavy atom. The predicted molar refractivity (Wildman–Crippen MR) is 13.2 cm³/mol. The Balaban J connectivity index is -0.0000000200. The van der Waals surface area contributed by atoms with Crippen molar-refractivity contribution in [3.63, 3.8) is 0 Å². The van der Waals surface area contributed by atoms with Gasteiger partial charge >= 0.3 is 120 Å². The van der Waals surface area contributed by atoms with E-state index in [0.717, 1.165) is 0 Å². The van der Waals surface area contributed by atoms with Gasteiger partial charge in [0.05, 0.1) is 0 Å². The first-order valence-electron chi connectivity index (χ1n) is 0.471. The molecule has 0 saturated heterocycles. The van der Waals surface area contributed by atoms with E-state index in [1.807, 2.05) is 0 Å². The normalized spacial score (nSPS) is 2.40. The Labute approximate surface area is 132 Å². The quantitative estimate of drug-likeness (QED) is 0.301. The second kappa shape index (κ2) is 15.7. The molecular weight excluding hydrogens is 216 g/mol. The molecule has 2 nitrogen and oxygen atoms in total. The van der Waals surface area contributed by atoms with Gasteiger partial charge < -0.3 is 9.90 Å². The van der Waals surface area contributed by atoms with Crippen LogP contribution in [-0.4, -0.2) is 57.9 Å². The third kappa shape index (κ3) is 19.1. The van der Waals surface area contributed by atoms with Crippen LogP contribution in [0, 0.1) is 0 Å². The van der Waals surface area contributed by atoms with E-state index < -0.39 is 6.47 Å². The molecule has 0 unspecified atom stereocenters. The van der Waals surface area contributed by atoms with Gasteiger partial charge in [0.15, 0.2) is 0 Å². The number of carboxylic acid groups (broad SMARTS) is 1. The SMILES string of the molecule is O=C[O-].[Cs+].[KH]. The molecule has 0 bridgehead atoms. The fraction of sp³-hybridized carbons (Fsp3) is 0. The van der Waals surface area contributed by atoms with E-state index in [1.54, 1.807) is 0 Å². The standard InChI is InChI=1S/CH2O2.Cs.K.H/c2-1-3;;;/h1H,(H,2,3);;;/q;+1;;/p-1. The first-order chi connectivity index (χ1) is 1.41. The average molecular weight is 218 g/mol. The number of hydrogen-bond donors (Lipinski definition) is 0. The summed E-state index contributed by atoms with van der Waals surface area (Å²) in [6.45, 7) is -0.500. The van der Waals surface area contributed by atoms with Gasteiger partial charge in [-0.05, 0) is 0 Å². The molecule has 0 atom stereocenters. The third-order valence-corrected chi connectivity index (χ3v) is 0. The summed E-state index contributed by atoms with van der Waals surface area (Å²) in [5.74, 6) is 0. The summed E-state index contributed by atoms with van der Waals surface area (Å²) in [7, 11) is 0. The molecule has 0 N–H and O–H groups in total. The van der Waals surface area contributed by atoms with Crippen molar-refractivity contribution in [3.05, 3.63) is 0 Å². The van der Waals surface area contributed by atoms with Crippen LogP contribution in [0.1, 0.15) is 0 Å². The Bertz CT molecular complexity index is 17.1. The van der Waals surface area contributed by atoms with Gasteiger partial charge in [-0.15, -0.1) is 0 Å².